The van der Waals surface area contributed by atoms with Crippen molar-refractivity contribution in [2.75, 3.05) is 23.8 Å². The Balaban J connectivity index is 1.69. The lowest BCUT2D eigenvalue weighted by Crippen LogP contribution is -2.34. The van der Waals surface area contributed by atoms with Gasteiger partial charge in [-0.3, -0.25) is 4.79 Å². The lowest BCUT2D eigenvalue weighted by Gasteiger charge is -2.28. The number of nitrogens with one attached hydrogen (secondary N) is 3. The monoisotopic (exact) mass is 361 g/mol. The van der Waals surface area contributed by atoms with Crippen molar-refractivity contribution in [3.8, 4) is 0 Å². The van der Waals surface area contributed by atoms with Crippen molar-refractivity contribution in [3.63, 3.8) is 0 Å². The number of carbonyl (C=O) groups excluding carboxylic acids is 2. The van der Waals surface area contributed by atoms with Crippen molar-refractivity contribution in [2.24, 2.45) is 5.92 Å². The van der Waals surface area contributed by atoms with Gasteiger partial charge < -0.3 is 20.7 Å². The van der Waals surface area contributed by atoms with Gasteiger partial charge in [0.2, 0.25) is 5.91 Å². The molecular formula is C20H31N3O3. The summed E-state index contributed by atoms with van der Waals surface area (Å²) in [4.78, 5) is 23.6. The third-order valence-corrected chi connectivity index (χ3v) is 4.63. The Morgan fingerprint density at radius 1 is 1.15 bits per heavy atom. The van der Waals surface area contributed by atoms with Gasteiger partial charge >= 0.3 is 6.03 Å². The zero-order valence-electron chi connectivity index (χ0n) is 15.8. The van der Waals surface area contributed by atoms with Gasteiger partial charge in [0.25, 0.3) is 0 Å². The van der Waals surface area contributed by atoms with Crippen LogP contribution in [0.2, 0.25) is 0 Å². The summed E-state index contributed by atoms with van der Waals surface area (Å²) in [6.45, 7) is 5.19. The Morgan fingerprint density at radius 2 is 1.88 bits per heavy atom. The molecule has 1 aromatic carbocycles. The molecule has 0 bridgehead atoms. The summed E-state index contributed by atoms with van der Waals surface area (Å²) in [6, 6.07) is 6.85. The van der Waals surface area contributed by atoms with Crippen molar-refractivity contribution in [2.45, 2.75) is 58.5 Å². The molecule has 2 rings (SSSR count). The van der Waals surface area contributed by atoms with E-state index in [1.807, 2.05) is 6.92 Å². The fourth-order valence-electron chi connectivity index (χ4n) is 3.21. The fraction of sp³-hybridized carbons (Fsp3) is 0.600. The SMILES string of the molecule is CCCC(=O)Nc1cccc(NC(=O)NCCO[C@H]2CCCC[C@@H]2C)c1. The van der Waals surface area contributed by atoms with Gasteiger partial charge in [-0.15, -0.1) is 0 Å². The first kappa shape index (κ1) is 20.2. The molecular weight excluding hydrogens is 330 g/mol. The minimum atomic E-state index is -0.276. The number of amides is 3. The summed E-state index contributed by atoms with van der Waals surface area (Å²) in [5.41, 5.74) is 1.31. The minimum Gasteiger partial charge on any atom is -0.376 e. The minimum absolute atomic E-state index is 0.0248. The van der Waals surface area contributed by atoms with Gasteiger partial charge in [0.15, 0.2) is 0 Å². The highest BCUT2D eigenvalue weighted by Crippen LogP contribution is 2.26. The molecule has 0 aromatic heterocycles. The van der Waals surface area contributed by atoms with E-state index >= 15 is 0 Å². The molecule has 6 nitrogen and oxygen atoms in total. The molecule has 3 amide bonds. The zero-order chi connectivity index (χ0) is 18.8. The summed E-state index contributed by atoms with van der Waals surface area (Å²) < 4.78 is 5.89. The molecule has 0 aliphatic heterocycles. The van der Waals surface area contributed by atoms with Crippen molar-refractivity contribution in [3.05, 3.63) is 24.3 Å². The number of urea groups is 1. The zero-order valence-corrected chi connectivity index (χ0v) is 15.8. The van der Waals surface area contributed by atoms with E-state index in [1.165, 1.54) is 19.3 Å². The van der Waals surface area contributed by atoms with Crippen LogP contribution in [0.15, 0.2) is 24.3 Å². The molecule has 1 saturated carbocycles. The standard InChI is InChI=1S/C20H31N3O3/c1-3-7-19(24)22-16-9-6-10-17(14-16)23-20(25)21-12-13-26-18-11-5-4-8-15(18)2/h6,9-10,14-15,18H,3-5,7-8,11-13H2,1-2H3,(H,22,24)(H2,21,23,25)/t15-,18-/m0/s1. The molecule has 1 aromatic rings. The van der Waals surface area contributed by atoms with Crippen molar-refractivity contribution < 1.29 is 14.3 Å². The topological polar surface area (TPSA) is 79.5 Å². The van der Waals surface area contributed by atoms with E-state index in [9.17, 15) is 9.59 Å². The summed E-state index contributed by atoms with van der Waals surface area (Å²) in [5, 5.41) is 8.40. The molecule has 1 fully saturated rings. The predicted molar refractivity (Wildman–Crippen MR) is 104 cm³/mol. The summed E-state index contributed by atoms with van der Waals surface area (Å²) in [5.74, 6) is 0.575. The number of benzene rings is 1. The average Bonchev–Trinajstić information content (AvgIpc) is 2.60. The lowest BCUT2D eigenvalue weighted by molar-refractivity contribution is -0.116. The second-order valence-corrected chi connectivity index (χ2v) is 6.93. The molecule has 0 saturated heterocycles. The summed E-state index contributed by atoms with van der Waals surface area (Å²) in [7, 11) is 0. The van der Waals surface area contributed by atoms with Crippen molar-refractivity contribution in [1.29, 1.82) is 0 Å². The van der Waals surface area contributed by atoms with Gasteiger partial charge in [-0.1, -0.05) is 32.8 Å². The van der Waals surface area contributed by atoms with Crippen LogP contribution in [0, 0.1) is 5.92 Å². The van der Waals surface area contributed by atoms with E-state index in [4.69, 9.17) is 4.74 Å². The molecule has 1 aliphatic rings. The van der Waals surface area contributed by atoms with E-state index < -0.39 is 0 Å². The van der Waals surface area contributed by atoms with E-state index in [0.717, 1.165) is 12.8 Å². The van der Waals surface area contributed by atoms with E-state index in [1.54, 1.807) is 24.3 Å². The number of rotatable bonds is 8. The van der Waals surface area contributed by atoms with Crippen LogP contribution >= 0.6 is 0 Å². The van der Waals surface area contributed by atoms with Gasteiger partial charge in [-0.25, -0.2) is 4.79 Å². The Morgan fingerprint density at radius 3 is 2.62 bits per heavy atom. The van der Waals surface area contributed by atoms with Crippen LogP contribution in [0.1, 0.15) is 52.4 Å². The lowest BCUT2D eigenvalue weighted by atomic mass is 9.88. The number of hydrogen-bond donors (Lipinski definition) is 3. The molecule has 0 heterocycles. The third kappa shape index (κ3) is 7.04. The highest BCUT2D eigenvalue weighted by molar-refractivity contribution is 5.93. The maximum Gasteiger partial charge on any atom is 0.319 e. The molecule has 1 aliphatic carbocycles. The summed E-state index contributed by atoms with van der Waals surface area (Å²) >= 11 is 0. The number of carbonyl (C=O) groups is 2. The van der Waals surface area contributed by atoms with Gasteiger partial charge in [0.05, 0.1) is 12.7 Å². The number of ether oxygens (including phenoxy) is 1. The molecule has 0 radical (unpaired) electrons. The highest BCUT2D eigenvalue weighted by atomic mass is 16.5. The maximum absolute atomic E-state index is 12.0. The number of anilines is 2. The predicted octanol–water partition coefficient (Wildman–Crippen LogP) is 4.14. The largest absolute Gasteiger partial charge is 0.376 e. The Kier molecular flexibility index (Phi) is 8.41. The van der Waals surface area contributed by atoms with E-state index in [2.05, 4.69) is 22.9 Å². The van der Waals surface area contributed by atoms with Gasteiger partial charge in [-0.05, 0) is 43.4 Å². The van der Waals surface area contributed by atoms with Gasteiger partial charge in [0, 0.05) is 24.3 Å². The molecule has 0 unspecified atom stereocenters. The quantitative estimate of drug-likeness (QED) is 0.609. The second-order valence-electron chi connectivity index (χ2n) is 6.93. The van der Waals surface area contributed by atoms with Crippen molar-refractivity contribution >= 4 is 23.3 Å². The summed E-state index contributed by atoms with van der Waals surface area (Å²) in [6.07, 6.45) is 6.46. The van der Waals surface area contributed by atoms with E-state index in [-0.39, 0.29) is 11.9 Å². The molecule has 0 spiro atoms. The first-order chi connectivity index (χ1) is 12.6. The Labute approximate surface area is 156 Å². The Hall–Kier alpha value is -2.08. The van der Waals surface area contributed by atoms with Crippen LogP contribution in [0.25, 0.3) is 0 Å². The van der Waals surface area contributed by atoms with Crippen molar-refractivity contribution in [1.82, 2.24) is 5.32 Å². The Bertz CT molecular complexity index is 591. The smallest absolute Gasteiger partial charge is 0.319 e. The van der Waals surface area contributed by atoms with Crippen LogP contribution in [-0.4, -0.2) is 31.2 Å². The van der Waals surface area contributed by atoms with Crippen LogP contribution < -0.4 is 16.0 Å². The highest BCUT2D eigenvalue weighted by Gasteiger charge is 2.21. The third-order valence-electron chi connectivity index (χ3n) is 4.63. The first-order valence-electron chi connectivity index (χ1n) is 9.65. The van der Waals surface area contributed by atoms with Crippen LogP contribution in [-0.2, 0) is 9.53 Å². The molecule has 6 heteroatoms. The maximum atomic E-state index is 12.0. The first-order valence-corrected chi connectivity index (χ1v) is 9.65. The molecule has 2 atom stereocenters. The molecule has 3 N–H and O–H groups in total. The normalized spacial score (nSPS) is 19.6. The molecule has 26 heavy (non-hydrogen) atoms. The fourth-order valence-corrected chi connectivity index (χ4v) is 3.21. The second kappa shape index (κ2) is 10.8. The van der Waals surface area contributed by atoms with E-state index in [0.29, 0.717) is 43.0 Å². The van der Waals surface area contributed by atoms with Crippen LogP contribution in [0.3, 0.4) is 0 Å². The van der Waals surface area contributed by atoms with Gasteiger partial charge in [0.1, 0.15) is 0 Å². The van der Waals surface area contributed by atoms with Crippen LogP contribution in [0.4, 0.5) is 16.2 Å². The molecule has 144 valence electrons. The van der Waals surface area contributed by atoms with Gasteiger partial charge in [-0.2, -0.15) is 0 Å². The average molecular weight is 361 g/mol. The van der Waals surface area contributed by atoms with Crippen LogP contribution in [0.5, 0.6) is 0 Å². The number of hydrogen-bond acceptors (Lipinski definition) is 3.